The van der Waals surface area contributed by atoms with E-state index in [-0.39, 0.29) is 11.6 Å². The molecule has 0 aliphatic rings. The first-order chi connectivity index (χ1) is 9.00. The summed E-state index contributed by atoms with van der Waals surface area (Å²) in [7, 11) is 0. The number of allylic oxidation sites excluding steroid dienone is 1. The van der Waals surface area contributed by atoms with Crippen LogP contribution in [0.1, 0.15) is 23.5 Å². The third-order valence-corrected chi connectivity index (χ3v) is 3.85. The van der Waals surface area contributed by atoms with Crippen molar-refractivity contribution in [2.24, 2.45) is 0 Å². The fraction of sp³-hybridized carbons (Fsp3) is 0.214. The third kappa shape index (κ3) is 2.76. The molecule has 0 unspecified atom stereocenters. The largest absolute Gasteiger partial charge is 0.397 e. The van der Waals surface area contributed by atoms with E-state index in [1.165, 1.54) is 17.4 Å². The van der Waals surface area contributed by atoms with Crippen LogP contribution in [0.15, 0.2) is 29.8 Å². The second-order valence-electron chi connectivity index (χ2n) is 4.45. The lowest BCUT2D eigenvalue weighted by Gasteiger charge is -2.01. The van der Waals surface area contributed by atoms with Gasteiger partial charge in [-0.25, -0.2) is 4.39 Å². The third-order valence-electron chi connectivity index (χ3n) is 2.68. The number of carbonyl (C=O) groups excluding carboxylic acids is 1. The van der Waals surface area contributed by atoms with E-state index in [0.717, 1.165) is 5.57 Å². The quantitative estimate of drug-likeness (QED) is 0.846. The standard InChI is InChI=1S/C14H15FN2OS/c1-8(2)6-7-17-14(18)13-12(16)11-9(15)4-3-5-10(11)19-13/h3-6H,7,16H2,1-2H3,(H,17,18). The Kier molecular flexibility index (Phi) is 3.85. The Labute approximate surface area is 114 Å². The minimum atomic E-state index is -0.394. The molecule has 0 aliphatic heterocycles. The zero-order chi connectivity index (χ0) is 14.0. The zero-order valence-electron chi connectivity index (χ0n) is 10.8. The van der Waals surface area contributed by atoms with Crippen LogP contribution in [0.2, 0.25) is 0 Å². The van der Waals surface area contributed by atoms with Gasteiger partial charge in [-0.3, -0.25) is 4.79 Å². The van der Waals surface area contributed by atoms with E-state index in [9.17, 15) is 9.18 Å². The average Bonchev–Trinajstić information content (AvgIpc) is 2.67. The summed E-state index contributed by atoms with van der Waals surface area (Å²) in [6, 6.07) is 4.71. The number of halogens is 1. The van der Waals surface area contributed by atoms with Gasteiger partial charge in [0, 0.05) is 11.2 Å². The molecule has 1 aromatic carbocycles. The molecule has 0 fully saturated rings. The van der Waals surface area contributed by atoms with Crippen LogP contribution in [0.5, 0.6) is 0 Å². The molecule has 2 aromatic rings. The molecule has 2 rings (SSSR count). The summed E-state index contributed by atoms with van der Waals surface area (Å²) in [5.74, 6) is -0.662. The number of amides is 1. The lowest BCUT2D eigenvalue weighted by Crippen LogP contribution is -2.23. The first kappa shape index (κ1) is 13.5. The predicted octanol–water partition coefficient (Wildman–Crippen LogP) is 3.32. The van der Waals surface area contributed by atoms with Crippen molar-refractivity contribution in [1.82, 2.24) is 5.32 Å². The van der Waals surface area contributed by atoms with Gasteiger partial charge >= 0.3 is 0 Å². The Bertz CT molecular complexity index is 657. The molecule has 0 spiro atoms. The van der Waals surface area contributed by atoms with Gasteiger partial charge in [-0.2, -0.15) is 0 Å². The number of nitrogen functional groups attached to an aromatic ring is 1. The van der Waals surface area contributed by atoms with Crippen LogP contribution in [0.3, 0.4) is 0 Å². The summed E-state index contributed by atoms with van der Waals surface area (Å²) in [4.78, 5) is 12.4. The maximum atomic E-state index is 13.7. The first-order valence-electron chi connectivity index (χ1n) is 5.88. The number of thiophene rings is 1. The van der Waals surface area contributed by atoms with Crippen molar-refractivity contribution in [3.8, 4) is 0 Å². The molecule has 5 heteroatoms. The molecule has 3 N–H and O–H groups in total. The second kappa shape index (κ2) is 5.40. The number of hydrogen-bond acceptors (Lipinski definition) is 3. The van der Waals surface area contributed by atoms with Crippen LogP contribution < -0.4 is 11.1 Å². The summed E-state index contributed by atoms with van der Waals surface area (Å²) in [5, 5.41) is 3.08. The van der Waals surface area contributed by atoms with Gasteiger partial charge in [0.2, 0.25) is 0 Å². The van der Waals surface area contributed by atoms with Crippen molar-refractivity contribution in [1.29, 1.82) is 0 Å². The second-order valence-corrected chi connectivity index (χ2v) is 5.50. The molecule has 3 nitrogen and oxygen atoms in total. The summed E-state index contributed by atoms with van der Waals surface area (Å²) in [6.45, 7) is 4.35. The van der Waals surface area contributed by atoms with Crippen LogP contribution in [-0.2, 0) is 0 Å². The lowest BCUT2D eigenvalue weighted by molar-refractivity contribution is 0.0963. The van der Waals surface area contributed by atoms with Gasteiger partial charge in [0.05, 0.1) is 11.1 Å². The van der Waals surface area contributed by atoms with Crippen LogP contribution in [0.4, 0.5) is 10.1 Å². The predicted molar refractivity (Wildman–Crippen MR) is 78.0 cm³/mol. The smallest absolute Gasteiger partial charge is 0.263 e. The lowest BCUT2D eigenvalue weighted by atomic mass is 10.2. The molecule has 0 radical (unpaired) electrons. The molecule has 100 valence electrons. The zero-order valence-corrected chi connectivity index (χ0v) is 11.6. The highest BCUT2D eigenvalue weighted by atomic mass is 32.1. The molecular formula is C14H15FN2OS. The van der Waals surface area contributed by atoms with Crippen LogP contribution in [0, 0.1) is 5.82 Å². The SMILES string of the molecule is CC(C)=CCNC(=O)c1sc2cccc(F)c2c1N. The first-order valence-corrected chi connectivity index (χ1v) is 6.70. The van der Waals surface area contributed by atoms with E-state index in [1.54, 1.807) is 12.1 Å². The summed E-state index contributed by atoms with van der Waals surface area (Å²) < 4.78 is 14.4. The molecular weight excluding hydrogens is 263 g/mol. The Morgan fingerprint density at radius 1 is 1.47 bits per heavy atom. The van der Waals surface area contributed by atoms with Crippen LogP contribution in [-0.4, -0.2) is 12.5 Å². The molecule has 0 atom stereocenters. The number of anilines is 1. The topological polar surface area (TPSA) is 55.1 Å². The molecule has 1 heterocycles. The molecule has 1 aromatic heterocycles. The Morgan fingerprint density at radius 3 is 2.84 bits per heavy atom. The van der Waals surface area contributed by atoms with Crippen LogP contribution in [0.25, 0.3) is 10.1 Å². The molecule has 0 saturated heterocycles. The highest BCUT2D eigenvalue weighted by molar-refractivity contribution is 7.21. The number of nitrogens with one attached hydrogen (secondary N) is 1. The van der Waals surface area contributed by atoms with E-state index in [0.29, 0.717) is 21.5 Å². The van der Waals surface area contributed by atoms with Crippen molar-refractivity contribution in [3.05, 3.63) is 40.5 Å². The average molecular weight is 278 g/mol. The monoisotopic (exact) mass is 278 g/mol. The number of nitrogens with two attached hydrogens (primary N) is 1. The number of rotatable bonds is 3. The van der Waals surface area contributed by atoms with E-state index in [4.69, 9.17) is 5.73 Å². The van der Waals surface area contributed by atoms with Gasteiger partial charge in [-0.1, -0.05) is 17.7 Å². The van der Waals surface area contributed by atoms with Crippen molar-refractivity contribution in [2.45, 2.75) is 13.8 Å². The Hall–Kier alpha value is -1.88. The van der Waals surface area contributed by atoms with E-state index in [2.05, 4.69) is 5.32 Å². The van der Waals surface area contributed by atoms with Crippen LogP contribution >= 0.6 is 11.3 Å². The minimum absolute atomic E-state index is 0.216. The van der Waals surface area contributed by atoms with E-state index < -0.39 is 5.82 Å². The Morgan fingerprint density at radius 2 is 2.21 bits per heavy atom. The molecule has 1 amide bonds. The maximum absolute atomic E-state index is 13.7. The molecule has 0 saturated carbocycles. The van der Waals surface area contributed by atoms with Crippen molar-refractivity contribution >= 4 is 33.0 Å². The van der Waals surface area contributed by atoms with E-state index in [1.807, 2.05) is 19.9 Å². The number of hydrogen-bond donors (Lipinski definition) is 2. The molecule has 0 bridgehead atoms. The van der Waals surface area contributed by atoms with Gasteiger partial charge in [-0.15, -0.1) is 11.3 Å². The Balaban J connectivity index is 2.30. The van der Waals surface area contributed by atoms with Gasteiger partial charge in [0.25, 0.3) is 5.91 Å². The van der Waals surface area contributed by atoms with Gasteiger partial charge in [0.15, 0.2) is 0 Å². The van der Waals surface area contributed by atoms with Gasteiger partial charge in [-0.05, 0) is 26.0 Å². The summed E-state index contributed by atoms with van der Waals surface area (Å²) in [6.07, 6.45) is 1.90. The fourth-order valence-corrected chi connectivity index (χ4v) is 2.78. The fourth-order valence-electron chi connectivity index (χ4n) is 1.73. The minimum Gasteiger partial charge on any atom is -0.397 e. The summed E-state index contributed by atoms with van der Waals surface area (Å²) >= 11 is 1.21. The highest BCUT2D eigenvalue weighted by Gasteiger charge is 2.17. The van der Waals surface area contributed by atoms with Crippen molar-refractivity contribution in [2.75, 3.05) is 12.3 Å². The van der Waals surface area contributed by atoms with Crippen molar-refractivity contribution < 1.29 is 9.18 Å². The number of benzene rings is 1. The summed E-state index contributed by atoms with van der Waals surface area (Å²) in [5.41, 5.74) is 7.20. The molecule has 19 heavy (non-hydrogen) atoms. The van der Waals surface area contributed by atoms with E-state index >= 15 is 0 Å². The maximum Gasteiger partial charge on any atom is 0.263 e. The molecule has 0 aliphatic carbocycles. The van der Waals surface area contributed by atoms with Gasteiger partial charge < -0.3 is 11.1 Å². The van der Waals surface area contributed by atoms with Crippen molar-refractivity contribution in [3.63, 3.8) is 0 Å². The number of fused-ring (bicyclic) bond motifs is 1. The number of carbonyl (C=O) groups is 1. The normalized spacial score (nSPS) is 10.5. The highest BCUT2D eigenvalue weighted by Crippen LogP contribution is 2.35. The van der Waals surface area contributed by atoms with Gasteiger partial charge in [0.1, 0.15) is 10.7 Å².